The number of aromatic amines is 1. The Kier molecular flexibility index (Phi) is 22.6. The van der Waals surface area contributed by atoms with E-state index >= 15 is 0 Å². The molecule has 9 aromatic heterocycles. The molecule has 5 saturated heterocycles. The average Bonchev–Trinajstić information content (AvgIpc) is 1.58. The fourth-order valence-corrected chi connectivity index (χ4v) is 17.7. The highest BCUT2D eigenvalue weighted by atomic mass is 31.2. The SMILES string of the molecule is CCCCCCNc1nc2c(N)ncnc2n1[C@H]1CC2OP(=O)(O)OC[C@H]3O[C@@H](n4cnc5c(N)ncnc54)CC3OP(=O)(O)OC[C@H]3O[C@@H](n4cc(C)c(N)nc4=O)CC3OCc3cn(nn3)C[C@H]3O[C@@H](n4cc(C)c(=O)[nH]c4=O)CC3OP(=O)(O)OC[C@H]3O[C@@H](n4cnc5c(N)ncnc54)CC3OP(=O)(O)OC[C@H]2O1. The van der Waals surface area contributed by atoms with Crippen LogP contribution in [0.25, 0.3) is 33.5 Å². The first-order valence-corrected chi connectivity index (χ1v) is 41.2. The zero-order chi connectivity index (χ0) is 78.7. The van der Waals surface area contributed by atoms with E-state index in [9.17, 15) is 52.2 Å². The number of aromatic nitrogens is 19. The van der Waals surface area contributed by atoms with E-state index < -0.39 is 167 Å². The fourth-order valence-electron chi connectivity index (χ4n) is 13.9. The van der Waals surface area contributed by atoms with Gasteiger partial charge < -0.3 is 76.2 Å². The van der Waals surface area contributed by atoms with Gasteiger partial charge in [0.2, 0.25) is 5.95 Å². The van der Waals surface area contributed by atoms with Crippen LogP contribution in [-0.4, -0.2) is 206 Å². The quantitative estimate of drug-likeness (QED) is 0.0653. The van der Waals surface area contributed by atoms with Gasteiger partial charge in [0.15, 0.2) is 39.9 Å². The van der Waals surface area contributed by atoms with Crippen LogP contribution in [0.1, 0.15) is 113 Å². The van der Waals surface area contributed by atoms with Crippen molar-refractivity contribution < 1.29 is 102 Å². The summed E-state index contributed by atoms with van der Waals surface area (Å²) in [6, 6.07) is 0. The Labute approximate surface area is 630 Å². The van der Waals surface area contributed by atoms with E-state index in [1.807, 2.05) is 0 Å². The Hall–Kier alpha value is -8.45. The number of unbranched alkanes of at least 4 members (excludes halogenated alkanes) is 3. The molecule has 0 radical (unpaired) electrons. The van der Waals surface area contributed by atoms with Crippen molar-refractivity contribution in [3.63, 3.8) is 0 Å². The number of anilines is 5. The number of nitrogens with one attached hydrogen (secondary N) is 2. The van der Waals surface area contributed by atoms with Crippen molar-refractivity contribution in [2.45, 2.75) is 184 Å². The fraction of sp³-hybridized carbons (Fsp3) is 0.576. The molecule has 14 N–H and O–H groups in total. The normalized spacial score (nSPS) is 32.9. The van der Waals surface area contributed by atoms with Crippen molar-refractivity contribution in [2.75, 3.05) is 61.2 Å². The lowest BCUT2D eigenvalue weighted by atomic mass is 10.2. The van der Waals surface area contributed by atoms with Crippen molar-refractivity contribution in [3.05, 3.63) is 98.4 Å². The van der Waals surface area contributed by atoms with Crippen LogP contribution in [0.5, 0.6) is 0 Å². The molecule has 49 nitrogen and oxygen atoms in total. The third-order valence-corrected chi connectivity index (χ3v) is 23.5. The minimum absolute atomic E-state index is 0.00216. The number of nitrogens with zero attached hydrogens (tertiary/aromatic N) is 18. The lowest BCUT2D eigenvalue weighted by molar-refractivity contribution is -0.0712. The van der Waals surface area contributed by atoms with Crippen molar-refractivity contribution in [2.24, 2.45) is 0 Å². The highest BCUT2D eigenvalue weighted by Crippen LogP contribution is 2.56. The van der Waals surface area contributed by atoms with Crippen LogP contribution in [0, 0.1) is 13.8 Å². The summed E-state index contributed by atoms with van der Waals surface area (Å²) in [6.07, 6.45) is -8.54. The zero-order valence-electron chi connectivity index (χ0n) is 59.6. The first kappa shape index (κ1) is 78.8. The third kappa shape index (κ3) is 17.2. The molecule has 6 aliphatic heterocycles. The summed E-state index contributed by atoms with van der Waals surface area (Å²) in [5, 5.41) is 11.7. The van der Waals surface area contributed by atoms with Gasteiger partial charge in [-0.3, -0.25) is 68.8 Å². The van der Waals surface area contributed by atoms with Crippen LogP contribution in [0.15, 0.2) is 64.6 Å². The van der Waals surface area contributed by atoms with E-state index in [0.717, 1.165) is 41.1 Å². The van der Waals surface area contributed by atoms with Gasteiger partial charge >= 0.3 is 42.7 Å². The standard InChI is InChI=1S/C59H78N24O25P4/c1-4-5-6-7-8-64-57-73-48-52(63)67-25-70-55(48)83(57)45-13-35-40(104-45)22-99-111(91,92)107-34-12-44(82-27-72-47-51(62)66-24-69-54(47)82)102-38(34)20-97-109(87,88)105-32-10-42(80-15-29(3)56(84)75-59(80)86)100-36(32)17-78-16-30(76-77-78)18-95-31-9-41(79-14-28(2)49(60)74-58(79)85)101-37(31)19-96-110(89,90)106-33-11-43(103-39(33)21-98-112(93,94)108-35)81-26-71-46-50(61)65-23-68-53(46)81/h14-16,23-27,31-45H,4-13,17-22H2,1-3H3,(H,64,73)(H,87,88)(H,89,90)(H,91,92)(H,93,94)(H2,60,74,85)(H2,61,65,68)(H2,62,66,69)(H2,63,67,70)(H,75,84,86)/t31?,32?,33?,34?,35?,36-,37-,38-,39-,40-,41-,42-,43-,44-,45-/m1/s1. The molecule has 9 aromatic rings. The van der Waals surface area contributed by atoms with E-state index in [4.69, 9.17) is 87.5 Å². The van der Waals surface area contributed by atoms with E-state index in [-0.39, 0.29) is 119 Å². The molecule has 2 bridgehead atoms. The summed E-state index contributed by atoms with van der Waals surface area (Å²) in [5.74, 6) is 0.0873. The van der Waals surface area contributed by atoms with Crippen LogP contribution < -0.4 is 45.2 Å². The molecule has 112 heavy (non-hydrogen) atoms. The topological polar surface area (TPSA) is 646 Å². The van der Waals surface area contributed by atoms with Crippen LogP contribution in [-0.2, 0) is 96.0 Å². The highest BCUT2D eigenvalue weighted by molar-refractivity contribution is 7.48. The van der Waals surface area contributed by atoms with Crippen molar-refractivity contribution >= 4 is 94.0 Å². The van der Waals surface area contributed by atoms with E-state index in [2.05, 4.69) is 77.4 Å². The molecule has 15 rings (SSSR count). The number of aryl methyl sites for hydroxylation is 2. The molecular weight excluding hydrogens is 1570 g/mol. The maximum Gasteiger partial charge on any atom is 0.472 e. The molecule has 15 heterocycles. The van der Waals surface area contributed by atoms with E-state index in [1.54, 1.807) is 6.92 Å². The maximum atomic E-state index is 14.7. The Morgan fingerprint density at radius 2 is 0.955 bits per heavy atom. The Morgan fingerprint density at radius 1 is 0.500 bits per heavy atom. The van der Waals surface area contributed by atoms with Crippen molar-refractivity contribution in [1.29, 1.82) is 0 Å². The molecule has 604 valence electrons. The monoisotopic (exact) mass is 1650 g/mol. The Balaban J connectivity index is 0.765. The summed E-state index contributed by atoms with van der Waals surface area (Å²) < 4.78 is 151. The summed E-state index contributed by atoms with van der Waals surface area (Å²) in [7, 11) is -21.7. The van der Waals surface area contributed by atoms with Crippen LogP contribution >= 0.6 is 31.3 Å². The van der Waals surface area contributed by atoms with Crippen LogP contribution in [0.2, 0.25) is 0 Å². The first-order chi connectivity index (χ1) is 53.5. The Bertz CT molecular complexity index is 5360. The molecule has 0 aliphatic carbocycles. The van der Waals surface area contributed by atoms with Gasteiger partial charge in [-0.05, 0) is 20.3 Å². The lowest BCUT2D eigenvalue weighted by Gasteiger charge is -2.26. The zero-order valence-corrected chi connectivity index (χ0v) is 63.2. The Morgan fingerprint density at radius 3 is 1.50 bits per heavy atom. The summed E-state index contributed by atoms with van der Waals surface area (Å²) in [4.78, 5) is 131. The second kappa shape index (κ2) is 32.1. The summed E-state index contributed by atoms with van der Waals surface area (Å²) in [5.41, 5.74) is 23.7. The number of nitrogens with two attached hydrogens (primary N) is 4. The molecule has 9 unspecified atom stereocenters. The molecule has 0 aromatic carbocycles. The van der Waals surface area contributed by atoms with E-state index in [0.29, 0.717) is 18.5 Å². The second-order valence-electron chi connectivity index (χ2n) is 27.1. The van der Waals surface area contributed by atoms with Gasteiger partial charge in [-0.25, -0.2) is 77.4 Å². The number of rotatable bonds is 11. The van der Waals surface area contributed by atoms with Gasteiger partial charge in [0, 0.05) is 62.2 Å². The molecule has 6 aliphatic rings. The lowest BCUT2D eigenvalue weighted by Crippen LogP contribution is -2.33. The number of hydrogen-bond donors (Lipinski definition) is 10. The van der Waals surface area contributed by atoms with Crippen molar-refractivity contribution in [3.8, 4) is 0 Å². The molecule has 0 amide bonds. The molecule has 0 spiro atoms. The first-order valence-electron chi connectivity index (χ1n) is 35.2. The van der Waals surface area contributed by atoms with Gasteiger partial charge in [-0.2, -0.15) is 4.98 Å². The number of nitrogen functional groups attached to an aromatic ring is 4. The molecular formula is C59H78N24O25P4. The average molecular weight is 1650 g/mol. The van der Waals surface area contributed by atoms with Gasteiger partial charge in [0.05, 0.1) is 64.5 Å². The molecule has 53 heteroatoms. The molecule has 19 atom stereocenters. The van der Waals surface area contributed by atoms with Crippen LogP contribution in [0.4, 0.5) is 29.2 Å². The smallest absolute Gasteiger partial charge is 0.383 e. The number of ether oxygens (including phenoxy) is 6. The molecule has 5 fully saturated rings. The van der Waals surface area contributed by atoms with Gasteiger partial charge in [0.1, 0.15) is 128 Å². The number of phosphoric ester groups is 4. The van der Waals surface area contributed by atoms with Gasteiger partial charge in [-0.15, -0.1) is 5.10 Å². The van der Waals surface area contributed by atoms with Gasteiger partial charge in [0.25, 0.3) is 5.56 Å². The van der Waals surface area contributed by atoms with Crippen LogP contribution in [0.3, 0.4) is 0 Å². The minimum atomic E-state index is -5.49. The van der Waals surface area contributed by atoms with E-state index in [1.165, 1.54) is 62.9 Å². The highest BCUT2D eigenvalue weighted by Gasteiger charge is 2.51. The number of phosphoric acid groups is 4. The second-order valence-corrected chi connectivity index (χ2v) is 32.7. The van der Waals surface area contributed by atoms with Gasteiger partial charge in [-0.1, -0.05) is 31.4 Å². The number of H-pyrrole nitrogens is 1. The number of imidazole rings is 3. The predicted molar refractivity (Wildman–Crippen MR) is 379 cm³/mol. The largest absolute Gasteiger partial charge is 0.472 e. The summed E-state index contributed by atoms with van der Waals surface area (Å²) >= 11 is 0. The maximum absolute atomic E-state index is 14.7. The summed E-state index contributed by atoms with van der Waals surface area (Å²) in [6.45, 7) is 1.25. The number of hydrogen-bond acceptors (Lipinski definition) is 38. The third-order valence-electron chi connectivity index (χ3n) is 19.4. The predicted octanol–water partition coefficient (Wildman–Crippen LogP) is 1.89. The molecule has 0 saturated carbocycles. The van der Waals surface area contributed by atoms with Crippen molar-refractivity contribution in [1.82, 2.24) is 92.7 Å². The minimum Gasteiger partial charge on any atom is -0.383 e. The number of fused-ring (bicyclic) bond motifs is 10.